The number of aromatic nitrogens is 10. The molecule has 0 atom stereocenters. The maximum Gasteiger partial charge on any atom is 0.358 e. The molecule has 0 aromatic carbocycles. The van der Waals surface area contributed by atoms with E-state index in [9.17, 15) is 29.4 Å². The summed E-state index contributed by atoms with van der Waals surface area (Å²) in [6, 6.07) is 6.41. The number of H-pyrrole nitrogens is 1. The van der Waals surface area contributed by atoms with Crippen LogP contribution in [-0.2, 0) is 15.9 Å². The van der Waals surface area contributed by atoms with Crippen molar-refractivity contribution < 1.29 is 29.6 Å². The number of ether oxygens (including phenoxy) is 1. The number of carbonyl (C=O) groups excluding carboxylic acids is 1. The first kappa shape index (κ1) is 54.5. The number of anilines is 2. The molecule has 0 fully saturated rings. The lowest BCUT2D eigenvalue weighted by molar-refractivity contribution is 0.0592. The number of nitrogens with one attached hydrogen (secondary N) is 2. The maximum atomic E-state index is 11.8. The lowest BCUT2D eigenvalue weighted by Crippen LogP contribution is -2.23. The van der Waals surface area contributed by atoms with Gasteiger partial charge in [0, 0.05) is 12.4 Å². The molecule has 338 valence electrons. The van der Waals surface area contributed by atoms with Crippen LogP contribution in [0.5, 0.6) is 0 Å². The molecule has 0 aliphatic carbocycles. The Kier molecular flexibility index (Phi) is 23.8. The Balaban J connectivity index is 0.000000393. The summed E-state index contributed by atoms with van der Waals surface area (Å²) in [5, 5.41) is 31.3. The molecule has 6 aromatic heterocycles. The summed E-state index contributed by atoms with van der Waals surface area (Å²) >= 11 is 16.3. The number of carboxylic acids is 1. The molecule has 9 N–H and O–H groups in total. The SMILES string of the molecule is CC(C)(O)c1cnc(-n2cccc(N)c2=O)cn1.CC(C)(O)c1cnc(Cl)cn1.CCCNC.COC(=O)c1cnc(Cl)cn1.Nc1ccc[nH]c1=O.O=C(O)c1cnc(Cl)cn1. The second-order valence-corrected chi connectivity index (χ2v) is 14.2. The Morgan fingerprint density at radius 3 is 1.59 bits per heavy atom. The Bertz CT molecular complexity index is 2390. The van der Waals surface area contributed by atoms with Crippen molar-refractivity contribution in [1.29, 1.82) is 0 Å². The Hall–Kier alpha value is -6.49. The van der Waals surface area contributed by atoms with Crippen LogP contribution >= 0.6 is 34.8 Å². The number of aliphatic hydroxyl groups is 2. The fourth-order valence-electron chi connectivity index (χ4n) is 3.71. The second-order valence-electron chi connectivity index (χ2n) is 13.0. The predicted molar refractivity (Wildman–Crippen MR) is 238 cm³/mol. The molecule has 21 nitrogen and oxygen atoms in total. The van der Waals surface area contributed by atoms with Crippen molar-refractivity contribution in [3.05, 3.63) is 145 Å². The summed E-state index contributed by atoms with van der Waals surface area (Å²) in [4.78, 5) is 75.8. The highest BCUT2D eigenvalue weighted by molar-refractivity contribution is 6.29. The third kappa shape index (κ3) is 21.2. The van der Waals surface area contributed by atoms with Crippen LogP contribution in [0, 0.1) is 0 Å². The highest BCUT2D eigenvalue weighted by Crippen LogP contribution is 2.17. The van der Waals surface area contributed by atoms with E-state index in [4.69, 9.17) is 51.4 Å². The van der Waals surface area contributed by atoms with Gasteiger partial charge in [-0.05, 0) is 72.0 Å². The van der Waals surface area contributed by atoms with E-state index < -0.39 is 23.1 Å². The number of rotatable bonds is 7. The lowest BCUT2D eigenvalue weighted by atomic mass is 10.1. The zero-order chi connectivity index (χ0) is 47.8. The van der Waals surface area contributed by atoms with Crippen LogP contribution in [0.3, 0.4) is 0 Å². The number of nitrogens with zero attached hydrogens (tertiary/aromatic N) is 9. The minimum absolute atomic E-state index is 0.107. The molecule has 6 aromatic rings. The van der Waals surface area contributed by atoms with Crippen molar-refractivity contribution in [3.8, 4) is 5.82 Å². The normalized spacial score (nSPS) is 10.2. The number of nitrogen functional groups attached to an aromatic ring is 2. The summed E-state index contributed by atoms with van der Waals surface area (Å²) in [5.41, 5.74) is 9.52. The van der Waals surface area contributed by atoms with Crippen molar-refractivity contribution in [1.82, 2.24) is 54.7 Å². The first-order chi connectivity index (χ1) is 29.5. The summed E-state index contributed by atoms with van der Waals surface area (Å²) in [6.07, 6.45) is 14.9. The molecule has 0 aliphatic heterocycles. The quantitative estimate of drug-likeness (QED) is 0.111. The molecule has 0 amide bonds. The van der Waals surface area contributed by atoms with Crippen LogP contribution in [-0.4, -0.2) is 97.4 Å². The van der Waals surface area contributed by atoms with E-state index in [2.05, 4.69) is 61.8 Å². The van der Waals surface area contributed by atoms with Gasteiger partial charge in [-0.3, -0.25) is 24.1 Å². The van der Waals surface area contributed by atoms with Gasteiger partial charge < -0.3 is 41.8 Å². The third-order valence-corrected chi connectivity index (χ3v) is 7.52. The molecular weight excluding hydrogens is 885 g/mol. The Labute approximate surface area is 376 Å². The third-order valence-electron chi connectivity index (χ3n) is 6.94. The van der Waals surface area contributed by atoms with Gasteiger partial charge in [-0.25, -0.2) is 39.5 Å². The van der Waals surface area contributed by atoms with Gasteiger partial charge in [-0.1, -0.05) is 41.7 Å². The number of methoxy groups -OCH3 is 1. The Morgan fingerprint density at radius 2 is 1.24 bits per heavy atom. The number of aromatic amines is 1. The molecule has 6 rings (SSSR count). The average Bonchev–Trinajstić information content (AvgIpc) is 3.24. The number of esters is 1. The molecule has 0 saturated heterocycles. The van der Waals surface area contributed by atoms with Gasteiger partial charge >= 0.3 is 11.9 Å². The minimum Gasteiger partial charge on any atom is -0.476 e. The summed E-state index contributed by atoms with van der Waals surface area (Å²) in [7, 11) is 3.24. The van der Waals surface area contributed by atoms with Gasteiger partial charge in [0.2, 0.25) is 0 Å². The highest BCUT2D eigenvalue weighted by atomic mass is 35.5. The van der Waals surface area contributed by atoms with Gasteiger partial charge in [0.05, 0.1) is 79.4 Å². The molecule has 0 radical (unpaired) electrons. The van der Waals surface area contributed by atoms with Crippen molar-refractivity contribution in [3.63, 3.8) is 0 Å². The van der Waals surface area contributed by atoms with E-state index in [0.29, 0.717) is 22.4 Å². The van der Waals surface area contributed by atoms with Gasteiger partial charge in [0.15, 0.2) is 17.2 Å². The Morgan fingerprint density at radius 1 is 0.746 bits per heavy atom. The van der Waals surface area contributed by atoms with Crippen LogP contribution in [0.2, 0.25) is 15.5 Å². The van der Waals surface area contributed by atoms with Crippen LogP contribution in [0.15, 0.2) is 95.8 Å². The van der Waals surface area contributed by atoms with E-state index in [-0.39, 0.29) is 44.2 Å². The fourth-order valence-corrected chi connectivity index (χ4v) is 4.00. The number of carbonyl (C=O) groups is 2. The standard InChI is InChI=1S/C12H14N4O2.C7H9ClN2O.C6H5ClN2O2.C5H3ClN2O2.C5H6N2O.C4H11N/c1-12(2,18)9-6-15-10(7-14-9)16-5-3-4-8(13)11(16)17;1-7(2,11)5-3-10-6(8)4-9-5;1-11-6(10)4-2-9-5(7)3-8-4;6-4-2-7-3(1-8-4)5(9)10;6-4-2-1-3-7-5(4)8;1-3-4-5-2/h3-7,18H,13H2,1-2H3;3-4,11H,1-2H3;2-3H,1H3;1-2H,(H,9,10);1-3H,6H2,(H,7,8);5H,3-4H2,1-2H3. The van der Waals surface area contributed by atoms with Crippen LogP contribution in [0.4, 0.5) is 11.4 Å². The second kappa shape index (κ2) is 27.5. The minimum atomic E-state index is -1.11. The molecule has 0 bridgehead atoms. The highest BCUT2D eigenvalue weighted by Gasteiger charge is 2.19. The van der Waals surface area contributed by atoms with Gasteiger partial charge in [0.25, 0.3) is 11.1 Å². The predicted octanol–water partition coefficient (Wildman–Crippen LogP) is 4.11. The molecule has 0 saturated carbocycles. The number of carboxylic acid groups (broad SMARTS) is 1. The van der Waals surface area contributed by atoms with Crippen molar-refractivity contribution >= 4 is 58.1 Å². The largest absolute Gasteiger partial charge is 0.476 e. The van der Waals surface area contributed by atoms with Crippen molar-refractivity contribution in [2.75, 3.05) is 32.2 Å². The molecule has 0 spiro atoms. The lowest BCUT2D eigenvalue weighted by Gasteiger charge is -2.16. The number of halogens is 3. The van der Waals surface area contributed by atoms with Crippen LogP contribution < -0.4 is 27.9 Å². The van der Waals surface area contributed by atoms with Crippen molar-refractivity contribution in [2.45, 2.75) is 52.2 Å². The van der Waals surface area contributed by atoms with Crippen LogP contribution in [0.25, 0.3) is 5.82 Å². The molecule has 63 heavy (non-hydrogen) atoms. The smallest absolute Gasteiger partial charge is 0.358 e. The summed E-state index contributed by atoms with van der Waals surface area (Å²) in [5.74, 6) is -1.27. The molecular formula is C39H48Cl3N13O8. The first-order valence-corrected chi connectivity index (χ1v) is 19.3. The zero-order valence-corrected chi connectivity index (χ0v) is 37.5. The van der Waals surface area contributed by atoms with Gasteiger partial charge in [-0.2, -0.15) is 0 Å². The van der Waals surface area contributed by atoms with E-state index in [0.717, 1.165) is 12.7 Å². The average molecular weight is 933 g/mol. The van der Waals surface area contributed by atoms with E-state index >= 15 is 0 Å². The fraction of sp³-hybridized carbons (Fsp3) is 0.282. The maximum absolute atomic E-state index is 11.8. The number of nitrogens with two attached hydrogens (primary N) is 2. The topological polar surface area (TPSA) is 326 Å². The number of hydrogen-bond acceptors (Lipinski definition) is 18. The van der Waals surface area contributed by atoms with Gasteiger partial charge in [-0.15, -0.1) is 0 Å². The molecule has 24 heteroatoms. The monoisotopic (exact) mass is 931 g/mol. The zero-order valence-electron chi connectivity index (χ0n) is 35.2. The van der Waals surface area contributed by atoms with Crippen molar-refractivity contribution in [2.24, 2.45) is 0 Å². The summed E-state index contributed by atoms with van der Waals surface area (Å²) < 4.78 is 5.69. The van der Waals surface area contributed by atoms with E-state index in [1.165, 1.54) is 67.5 Å². The van der Waals surface area contributed by atoms with Gasteiger partial charge in [0.1, 0.15) is 26.7 Å². The number of hydrogen-bond donors (Lipinski definition) is 7. The first-order valence-electron chi connectivity index (χ1n) is 18.1. The molecule has 0 aliphatic rings. The molecule has 6 heterocycles. The molecule has 0 unspecified atom stereocenters. The number of aromatic carboxylic acids is 1. The van der Waals surface area contributed by atoms with E-state index in [1.54, 1.807) is 58.3 Å². The van der Waals surface area contributed by atoms with E-state index in [1.807, 2.05) is 7.05 Å². The number of pyridine rings is 2. The summed E-state index contributed by atoms with van der Waals surface area (Å²) in [6.45, 7) is 9.80. The van der Waals surface area contributed by atoms with Crippen LogP contribution in [0.1, 0.15) is 73.4 Å².